The van der Waals surface area contributed by atoms with Crippen LogP contribution in [0.2, 0.25) is 0 Å². The Balaban J connectivity index is 4.36. The Morgan fingerprint density at radius 2 is 0.606 bits per heavy atom. The van der Waals surface area contributed by atoms with Crippen molar-refractivity contribution >= 4 is 17.9 Å². The molecule has 6 nitrogen and oxygen atoms in total. The smallest absolute Gasteiger partial charge is 0.306 e. The van der Waals surface area contributed by atoms with Gasteiger partial charge in [-0.15, -0.1) is 0 Å². The lowest BCUT2D eigenvalue weighted by Gasteiger charge is -2.18. The zero-order valence-electron chi connectivity index (χ0n) is 44.0. The van der Waals surface area contributed by atoms with E-state index in [4.69, 9.17) is 14.2 Å². The molecule has 1 atom stereocenters. The van der Waals surface area contributed by atoms with Crippen LogP contribution in [-0.4, -0.2) is 37.2 Å². The van der Waals surface area contributed by atoms with Gasteiger partial charge in [-0.1, -0.05) is 262 Å². The average Bonchev–Trinajstić information content (AvgIpc) is 3.31. The molecule has 66 heavy (non-hydrogen) atoms. The predicted molar refractivity (Wildman–Crippen MR) is 284 cm³/mol. The summed E-state index contributed by atoms with van der Waals surface area (Å²) in [6.45, 7) is 6.52. The molecule has 0 aromatic carbocycles. The van der Waals surface area contributed by atoms with Crippen LogP contribution in [0.1, 0.15) is 297 Å². The summed E-state index contributed by atoms with van der Waals surface area (Å²) in [6.07, 6.45) is 66.7. The number of carbonyl (C=O) groups excluding carboxylic acids is 3. The van der Waals surface area contributed by atoms with Gasteiger partial charge in [0.25, 0.3) is 0 Å². The van der Waals surface area contributed by atoms with E-state index in [2.05, 4.69) is 69.4 Å². The molecule has 1 unspecified atom stereocenters. The van der Waals surface area contributed by atoms with E-state index in [1.807, 2.05) is 0 Å². The molecule has 0 aliphatic carbocycles. The van der Waals surface area contributed by atoms with Crippen LogP contribution in [0.4, 0.5) is 0 Å². The third-order valence-corrected chi connectivity index (χ3v) is 12.6. The van der Waals surface area contributed by atoms with Crippen LogP contribution in [0.5, 0.6) is 0 Å². The van der Waals surface area contributed by atoms with Gasteiger partial charge in [-0.3, -0.25) is 14.4 Å². The summed E-state index contributed by atoms with van der Waals surface area (Å²) in [5.41, 5.74) is 0. The Labute approximate surface area is 409 Å². The van der Waals surface area contributed by atoms with E-state index in [-0.39, 0.29) is 31.1 Å². The normalized spacial score (nSPS) is 12.3. The minimum Gasteiger partial charge on any atom is -0.462 e. The molecule has 0 aromatic rings. The number of carbonyl (C=O) groups is 3. The fourth-order valence-electron chi connectivity index (χ4n) is 8.32. The molecule has 0 spiro atoms. The Kier molecular flexibility index (Phi) is 52.8. The van der Waals surface area contributed by atoms with Gasteiger partial charge in [0.05, 0.1) is 0 Å². The maximum absolute atomic E-state index is 12.8. The van der Waals surface area contributed by atoms with Crippen molar-refractivity contribution in [3.8, 4) is 0 Å². The highest BCUT2D eigenvalue weighted by atomic mass is 16.6. The molecule has 0 aliphatic heterocycles. The van der Waals surface area contributed by atoms with Gasteiger partial charge in [0, 0.05) is 19.3 Å². The lowest BCUT2D eigenvalue weighted by molar-refractivity contribution is -0.167. The van der Waals surface area contributed by atoms with Crippen molar-refractivity contribution in [2.45, 2.75) is 303 Å². The minimum absolute atomic E-state index is 0.0814. The van der Waals surface area contributed by atoms with Gasteiger partial charge >= 0.3 is 17.9 Å². The molecule has 0 aromatic heterocycles. The van der Waals surface area contributed by atoms with E-state index in [0.717, 1.165) is 89.9 Å². The second-order valence-electron chi connectivity index (χ2n) is 19.2. The fourth-order valence-corrected chi connectivity index (χ4v) is 8.32. The molecule has 0 bridgehead atoms. The van der Waals surface area contributed by atoms with E-state index in [1.165, 1.54) is 167 Å². The molecule has 0 aliphatic rings. The number of ether oxygens (including phenoxy) is 3. The molecule has 0 radical (unpaired) electrons. The van der Waals surface area contributed by atoms with Crippen molar-refractivity contribution in [3.05, 3.63) is 48.6 Å². The lowest BCUT2D eigenvalue weighted by atomic mass is 10.0. The van der Waals surface area contributed by atoms with Gasteiger partial charge < -0.3 is 14.2 Å². The maximum atomic E-state index is 12.8. The predicted octanol–water partition coefficient (Wildman–Crippen LogP) is 19.0. The van der Waals surface area contributed by atoms with E-state index >= 15 is 0 Å². The number of hydrogen-bond donors (Lipinski definition) is 0. The number of hydrogen-bond acceptors (Lipinski definition) is 6. The van der Waals surface area contributed by atoms with Crippen LogP contribution in [0.3, 0.4) is 0 Å². The van der Waals surface area contributed by atoms with Gasteiger partial charge in [0.15, 0.2) is 6.10 Å². The van der Waals surface area contributed by atoms with E-state index in [9.17, 15) is 14.4 Å². The van der Waals surface area contributed by atoms with Gasteiger partial charge in [-0.25, -0.2) is 0 Å². The van der Waals surface area contributed by atoms with Crippen LogP contribution < -0.4 is 0 Å². The number of unbranched alkanes of at least 4 members (excludes halogenated alkanes) is 35. The summed E-state index contributed by atoms with van der Waals surface area (Å²) in [6, 6.07) is 0. The first kappa shape index (κ1) is 63.4. The quantitative estimate of drug-likeness (QED) is 0.0199. The summed E-state index contributed by atoms with van der Waals surface area (Å²) >= 11 is 0. The monoisotopic (exact) mass is 925 g/mol. The molecule has 0 N–H and O–H groups in total. The van der Waals surface area contributed by atoms with Crippen LogP contribution in [0.15, 0.2) is 48.6 Å². The average molecular weight is 926 g/mol. The highest BCUT2D eigenvalue weighted by Gasteiger charge is 2.19. The van der Waals surface area contributed by atoms with Crippen molar-refractivity contribution in [2.75, 3.05) is 13.2 Å². The van der Waals surface area contributed by atoms with Gasteiger partial charge in [0.1, 0.15) is 13.2 Å². The van der Waals surface area contributed by atoms with Crippen molar-refractivity contribution in [3.63, 3.8) is 0 Å². The van der Waals surface area contributed by atoms with Crippen LogP contribution >= 0.6 is 0 Å². The Hall–Kier alpha value is -2.63. The highest BCUT2D eigenvalue weighted by Crippen LogP contribution is 2.16. The summed E-state index contributed by atoms with van der Waals surface area (Å²) in [5, 5.41) is 0. The first-order valence-corrected chi connectivity index (χ1v) is 28.7. The number of rotatable bonds is 52. The van der Waals surface area contributed by atoms with Gasteiger partial charge in [-0.2, -0.15) is 0 Å². The Morgan fingerprint density at radius 1 is 0.318 bits per heavy atom. The van der Waals surface area contributed by atoms with Crippen LogP contribution in [0, 0.1) is 0 Å². The van der Waals surface area contributed by atoms with Crippen molar-refractivity contribution in [2.24, 2.45) is 0 Å². The fraction of sp³-hybridized carbons (Fsp3) is 0.817. The first-order chi connectivity index (χ1) is 32.5. The van der Waals surface area contributed by atoms with Crippen molar-refractivity contribution in [1.29, 1.82) is 0 Å². The summed E-state index contributed by atoms with van der Waals surface area (Å²) < 4.78 is 16.8. The molecular formula is C60H108O6. The van der Waals surface area contributed by atoms with Gasteiger partial charge in [0.2, 0.25) is 0 Å². The second-order valence-corrected chi connectivity index (χ2v) is 19.2. The van der Waals surface area contributed by atoms with E-state index < -0.39 is 6.10 Å². The lowest BCUT2D eigenvalue weighted by Crippen LogP contribution is -2.30. The van der Waals surface area contributed by atoms with E-state index in [1.54, 1.807) is 0 Å². The topological polar surface area (TPSA) is 78.9 Å². The Bertz CT molecular complexity index is 1150. The molecule has 0 saturated heterocycles. The minimum atomic E-state index is -0.782. The Morgan fingerprint density at radius 3 is 0.955 bits per heavy atom. The largest absolute Gasteiger partial charge is 0.462 e. The zero-order chi connectivity index (χ0) is 47.9. The third kappa shape index (κ3) is 52.3. The molecule has 0 rings (SSSR count). The third-order valence-electron chi connectivity index (χ3n) is 12.6. The molecule has 0 fully saturated rings. The molecular weight excluding hydrogens is 817 g/mol. The van der Waals surface area contributed by atoms with Crippen molar-refractivity contribution < 1.29 is 28.6 Å². The molecule has 6 heteroatoms. The molecule has 0 heterocycles. The standard InChI is InChI=1S/C60H108O6/c1-4-7-10-13-16-19-22-25-27-29-31-32-35-38-41-44-47-50-53-59(62)65-56-57(55-64-58(61)52-49-46-43-40-37-34-24-21-18-15-12-9-6-3)66-60(63)54-51-48-45-42-39-36-33-30-28-26-23-20-17-14-11-8-5-2/h9,12,15,18,21,24,31-32,57H,4-8,10-11,13-14,16-17,19-20,22-23,25-30,33-56H2,1-3H3/b12-9-,18-15-,24-21-,32-31-. The number of esters is 3. The summed E-state index contributed by atoms with van der Waals surface area (Å²) in [5.74, 6) is -0.895. The molecule has 0 saturated carbocycles. The van der Waals surface area contributed by atoms with E-state index in [0.29, 0.717) is 19.3 Å². The van der Waals surface area contributed by atoms with Gasteiger partial charge in [-0.05, 0) is 64.2 Å². The highest BCUT2D eigenvalue weighted by molar-refractivity contribution is 5.71. The molecule has 384 valence electrons. The summed E-state index contributed by atoms with van der Waals surface area (Å²) in [7, 11) is 0. The second kappa shape index (κ2) is 55.0. The van der Waals surface area contributed by atoms with Crippen molar-refractivity contribution in [1.82, 2.24) is 0 Å². The van der Waals surface area contributed by atoms with Crippen LogP contribution in [0.25, 0.3) is 0 Å². The number of allylic oxidation sites excluding steroid dienone is 8. The maximum Gasteiger partial charge on any atom is 0.306 e. The summed E-state index contributed by atoms with van der Waals surface area (Å²) in [4.78, 5) is 38.1. The molecule has 0 amide bonds. The SMILES string of the molecule is CC\C=C/C=C\C=C/CCCCCCCC(=O)OCC(COC(=O)CCCCCCC/C=C\CCCCCCCCCCC)OC(=O)CCCCCCCCCCCCCCCCCCC. The zero-order valence-corrected chi connectivity index (χ0v) is 44.0. The van der Waals surface area contributed by atoms with Crippen LogP contribution in [-0.2, 0) is 28.6 Å². The first-order valence-electron chi connectivity index (χ1n) is 28.7.